The van der Waals surface area contributed by atoms with Crippen LogP contribution in [0.5, 0.6) is 0 Å². The second-order valence-corrected chi connectivity index (χ2v) is 9.39. The number of aromatic amines is 1. The molecule has 0 spiro atoms. The van der Waals surface area contributed by atoms with Crippen molar-refractivity contribution in [3.8, 4) is 0 Å². The first kappa shape index (κ1) is 21.2. The summed E-state index contributed by atoms with van der Waals surface area (Å²) in [6, 6.07) is 5.86. The number of aromatic nitrogens is 4. The van der Waals surface area contributed by atoms with E-state index in [9.17, 15) is 4.39 Å². The Morgan fingerprint density at radius 1 is 1.19 bits per heavy atom. The fraction of sp³-hybridized carbons (Fsp3) is 0.417. The van der Waals surface area contributed by atoms with Crippen LogP contribution in [0.3, 0.4) is 0 Å². The molecule has 2 aromatic heterocycles. The maximum absolute atomic E-state index is 14.5. The monoisotopic (exact) mass is 422 g/mol. The molecule has 164 valence electrons. The van der Waals surface area contributed by atoms with Gasteiger partial charge in [0.25, 0.3) is 0 Å². The summed E-state index contributed by atoms with van der Waals surface area (Å²) < 4.78 is 16.6. The number of nitrogens with zero attached hydrogens (tertiary/aromatic N) is 3. The van der Waals surface area contributed by atoms with Crippen LogP contribution in [0.2, 0.25) is 0 Å². The van der Waals surface area contributed by atoms with Gasteiger partial charge in [-0.1, -0.05) is 33.8 Å². The molecule has 4 rings (SSSR count). The molecule has 0 amide bonds. The van der Waals surface area contributed by atoms with Gasteiger partial charge in [-0.3, -0.25) is 9.78 Å². The maximum Gasteiger partial charge on any atom is 0.156 e. The van der Waals surface area contributed by atoms with Crippen LogP contribution in [0, 0.1) is 19.7 Å². The number of nitrogens with one attached hydrogen (secondary N) is 2. The standard InChI is InChI=1S/C24H31FN6/c1-12(2)17-13(3)8-9-16-18(17)23(27-7)30-31(16)11-24(5,6)20-14(4)10-15(25)21-19(20)22(26)29-28-21/h8-10,12H,11H2,1-7H3,(H,27,30)(H3,26,28,29). The van der Waals surface area contributed by atoms with Crippen molar-refractivity contribution in [1.29, 1.82) is 0 Å². The second kappa shape index (κ2) is 7.25. The SMILES string of the molecule is CNc1nn(CC(C)(C)c2c(C)cc(F)c3[nH]nc(N)c23)c2ccc(C)c(C(C)C)c12. The average molecular weight is 423 g/mol. The molecule has 0 radical (unpaired) electrons. The molecule has 0 atom stereocenters. The molecule has 4 N–H and O–H groups in total. The highest BCUT2D eigenvalue weighted by molar-refractivity contribution is 5.95. The van der Waals surface area contributed by atoms with Gasteiger partial charge in [0, 0.05) is 17.8 Å². The van der Waals surface area contributed by atoms with E-state index in [0.29, 0.717) is 29.2 Å². The van der Waals surface area contributed by atoms with Crippen LogP contribution in [-0.4, -0.2) is 27.0 Å². The number of hydrogen-bond donors (Lipinski definition) is 3. The fourth-order valence-electron chi connectivity index (χ4n) is 5.08. The number of anilines is 2. The molecule has 0 aliphatic carbocycles. The number of halogens is 1. The molecule has 0 saturated carbocycles. The predicted molar refractivity (Wildman–Crippen MR) is 126 cm³/mol. The molecular weight excluding hydrogens is 391 g/mol. The van der Waals surface area contributed by atoms with E-state index in [4.69, 9.17) is 10.8 Å². The zero-order valence-electron chi connectivity index (χ0n) is 19.3. The summed E-state index contributed by atoms with van der Waals surface area (Å²) >= 11 is 0. The molecule has 0 bridgehead atoms. The van der Waals surface area contributed by atoms with Crippen molar-refractivity contribution in [3.63, 3.8) is 0 Å². The summed E-state index contributed by atoms with van der Waals surface area (Å²) in [5.41, 5.74) is 11.6. The van der Waals surface area contributed by atoms with Gasteiger partial charge in [-0.25, -0.2) is 4.39 Å². The highest BCUT2D eigenvalue weighted by Gasteiger charge is 2.30. The van der Waals surface area contributed by atoms with Gasteiger partial charge in [0.15, 0.2) is 11.6 Å². The Labute approximate surface area is 182 Å². The van der Waals surface area contributed by atoms with Crippen molar-refractivity contribution < 1.29 is 4.39 Å². The Balaban J connectivity index is 1.92. The number of fused-ring (bicyclic) bond motifs is 2. The Morgan fingerprint density at radius 2 is 1.90 bits per heavy atom. The Kier molecular flexibility index (Phi) is 4.95. The van der Waals surface area contributed by atoms with Crippen molar-refractivity contribution in [3.05, 3.63) is 46.3 Å². The summed E-state index contributed by atoms with van der Waals surface area (Å²) in [5.74, 6) is 1.24. The predicted octanol–water partition coefficient (Wildman–Crippen LogP) is 5.39. The Morgan fingerprint density at radius 3 is 2.55 bits per heavy atom. The third-order valence-corrected chi connectivity index (χ3v) is 6.23. The van der Waals surface area contributed by atoms with Crippen LogP contribution in [0.1, 0.15) is 55.9 Å². The molecule has 6 nitrogen and oxygen atoms in total. The third-order valence-electron chi connectivity index (χ3n) is 6.23. The highest BCUT2D eigenvalue weighted by Crippen LogP contribution is 2.39. The zero-order valence-corrected chi connectivity index (χ0v) is 19.3. The van der Waals surface area contributed by atoms with Crippen LogP contribution in [-0.2, 0) is 12.0 Å². The molecule has 0 saturated heterocycles. The van der Waals surface area contributed by atoms with Crippen LogP contribution in [0.15, 0.2) is 18.2 Å². The Bertz CT molecular complexity index is 1300. The smallest absolute Gasteiger partial charge is 0.156 e. The van der Waals surface area contributed by atoms with Gasteiger partial charge in [0.2, 0.25) is 0 Å². The lowest BCUT2D eigenvalue weighted by atomic mass is 9.79. The van der Waals surface area contributed by atoms with Gasteiger partial charge < -0.3 is 11.1 Å². The number of rotatable bonds is 5. The lowest BCUT2D eigenvalue weighted by molar-refractivity contribution is 0.418. The number of nitrogens with two attached hydrogens (primary N) is 1. The van der Waals surface area contributed by atoms with E-state index >= 15 is 0 Å². The number of H-pyrrole nitrogens is 1. The van der Waals surface area contributed by atoms with Gasteiger partial charge in [0.05, 0.1) is 17.4 Å². The molecule has 31 heavy (non-hydrogen) atoms. The van der Waals surface area contributed by atoms with Crippen molar-refractivity contribution in [2.75, 3.05) is 18.1 Å². The quantitative estimate of drug-likeness (QED) is 0.402. The Hall–Kier alpha value is -3.09. The molecule has 4 aromatic rings. The van der Waals surface area contributed by atoms with E-state index in [0.717, 1.165) is 27.8 Å². The normalized spacial score (nSPS) is 12.4. The maximum atomic E-state index is 14.5. The van der Waals surface area contributed by atoms with Crippen molar-refractivity contribution in [1.82, 2.24) is 20.0 Å². The first-order chi connectivity index (χ1) is 14.6. The van der Waals surface area contributed by atoms with Crippen LogP contribution in [0.4, 0.5) is 16.0 Å². The van der Waals surface area contributed by atoms with E-state index in [1.54, 1.807) is 6.07 Å². The number of hydrogen-bond acceptors (Lipinski definition) is 4. The molecule has 7 heteroatoms. The van der Waals surface area contributed by atoms with E-state index in [1.165, 1.54) is 11.1 Å². The molecule has 0 fully saturated rings. The van der Waals surface area contributed by atoms with Crippen LogP contribution >= 0.6 is 0 Å². The highest BCUT2D eigenvalue weighted by atomic mass is 19.1. The zero-order chi connectivity index (χ0) is 22.7. The summed E-state index contributed by atoms with van der Waals surface area (Å²) in [6.45, 7) is 13.4. The van der Waals surface area contributed by atoms with Gasteiger partial charge >= 0.3 is 0 Å². The number of nitrogen functional groups attached to an aromatic ring is 1. The van der Waals surface area contributed by atoms with E-state index < -0.39 is 0 Å². The number of aryl methyl sites for hydroxylation is 2. The molecule has 0 unspecified atom stereocenters. The molecular formula is C24H31FN6. The van der Waals surface area contributed by atoms with Crippen LogP contribution in [0.25, 0.3) is 21.8 Å². The topological polar surface area (TPSA) is 84.5 Å². The first-order valence-corrected chi connectivity index (χ1v) is 10.7. The first-order valence-electron chi connectivity index (χ1n) is 10.7. The minimum absolute atomic E-state index is 0.319. The lowest BCUT2D eigenvalue weighted by Gasteiger charge is -2.28. The summed E-state index contributed by atoms with van der Waals surface area (Å²) in [4.78, 5) is 0. The van der Waals surface area contributed by atoms with E-state index in [1.807, 2.05) is 14.0 Å². The minimum Gasteiger partial charge on any atom is -0.382 e. The van der Waals surface area contributed by atoms with Gasteiger partial charge in [-0.15, -0.1) is 0 Å². The molecule has 0 aliphatic rings. The van der Waals surface area contributed by atoms with Crippen molar-refractivity contribution in [2.24, 2.45) is 0 Å². The summed E-state index contributed by atoms with van der Waals surface area (Å²) in [7, 11) is 1.91. The number of benzene rings is 2. The second-order valence-electron chi connectivity index (χ2n) is 9.39. The third kappa shape index (κ3) is 3.23. The van der Waals surface area contributed by atoms with Gasteiger partial charge in [0.1, 0.15) is 11.3 Å². The fourth-order valence-corrected chi connectivity index (χ4v) is 5.08. The van der Waals surface area contributed by atoms with Gasteiger partial charge in [-0.2, -0.15) is 10.2 Å². The summed E-state index contributed by atoms with van der Waals surface area (Å²) in [6.07, 6.45) is 0. The molecule has 0 aliphatic heterocycles. The molecule has 2 aromatic carbocycles. The van der Waals surface area contributed by atoms with Gasteiger partial charge in [-0.05, 0) is 54.2 Å². The average Bonchev–Trinajstić information content (AvgIpc) is 3.22. The van der Waals surface area contributed by atoms with Crippen molar-refractivity contribution >= 4 is 33.4 Å². The molecule has 2 heterocycles. The minimum atomic E-state index is -0.374. The van der Waals surface area contributed by atoms with E-state index in [2.05, 4.69) is 66.9 Å². The van der Waals surface area contributed by atoms with Crippen molar-refractivity contribution in [2.45, 2.75) is 59.4 Å². The largest absolute Gasteiger partial charge is 0.382 e. The van der Waals surface area contributed by atoms with Crippen LogP contribution < -0.4 is 11.1 Å². The lowest BCUT2D eigenvalue weighted by Crippen LogP contribution is -2.27. The van der Waals surface area contributed by atoms with E-state index in [-0.39, 0.29) is 11.2 Å². The summed E-state index contributed by atoms with van der Waals surface area (Å²) in [5, 5.41) is 16.8.